The Morgan fingerprint density at radius 2 is 1.97 bits per heavy atom. The normalized spacial score (nSPS) is 16.2. The SMILES string of the molecule is Cc1c[nH]c(C)c1-c1csc2c(N[C@@H](C)CN3CCN(C(=O)OC(C)(C)C)CC3)ncnc12. The molecule has 0 radical (unpaired) electrons. The Labute approximate surface area is 199 Å². The van der Waals surface area contributed by atoms with Crippen LogP contribution in [0.2, 0.25) is 0 Å². The largest absolute Gasteiger partial charge is 0.444 e. The number of H-pyrrole nitrogens is 1. The maximum Gasteiger partial charge on any atom is 0.410 e. The molecule has 3 aromatic rings. The van der Waals surface area contributed by atoms with Crippen molar-refractivity contribution >= 4 is 33.5 Å². The molecular formula is C24H34N6O2S. The first kappa shape index (κ1) is 23.5. The Bertz CT molecular complexity index is 1100. The number of aromatic nitrogens is 3. The first-order valence-electron chi connectivity index (χ1n) is 11.5. The fourth-order valence-corrected chi connectivity index (χ4v) is 5.27. The number of carbonyl (C=O) groups excluding carboxylic acids is 1. The maximum atomic E-state index is 12.3. The number of carbonyl (C=O) groups is 1. The van der Waals surface area contributed by atoms with E-state index in [1.54, 1.807) is 22.6 Å². The summed E-state index contributed by atoms with van der Waals surface area (Å²) in [6, 6.07) is 0.206. The van der Waals surface area contributed by atoms with Crippen LogP contribution >= 0.6 is 11.3 Å². The van der Waals surface area contributed by atoms with Crippen LogP contribution in [0.1, 0.15) is 39.0 Å². The van der Waals surface area contributed by atoms with E-state index < -0.39 is 5.60 Å². The molecule has 3 aromatic heterocycles. The molecular weight excluding hydrogens is 436 g/mol. The van der Waals surface area contributed by atoms with E-state index in [0.29, 0.717) is 13.1 Å². The first-order valence-corrected chi connectivity index (χ1v) is 12.3. The van der Waals surface area contributed by atoms with Crippen molar-refractivity contribution in [2.75, 3.05) is 38.0 Å². The minimum absolute atomic E-state index is 0.206. The number of nitrogens with zero attached hydrogens (tertiary/aromatic N) is 4. The molecule has 4 heterocycles. The summed E-state index contributed by atoms with van der Waals surface area (Å²) in [7, 11) is 0. The first-order chi connectivity index (χ1) is 15.6. The van der Waals surface area contributed by atoms with Gasteiger partial charge < -0.3 is 19.9 Å². The number of fused-ring (bicyclic) bond motifs is 1. The van der Waals surface area contributed by atoms with E-state index in [-0.39, 0.29) is 12.1 Å². The molecule has 0 bridgehead atoms. The molecule has 8 nitrogen and oxygen atoms in total. The van der Waals surface area contributed by atoms with E-state index in [0.717, 1.165) is 46.9 Å². The second kappa shape index (κ2) is 9.30. The minimum atomic E-state index is -0.463. The second-order valence-electron chi connectivity index (χ2n) is 9.83. The van der Waals surface area contributed by atoms with Crippen molar-refractivity contribution in [2.45, 2.75) is 53.2 Å². The van der Waals surface area contributed by atoms with Gasteiger partial charge in [0.25, 0.3) is 0 Å². The Balaban J connectivity index is 1.38. The smallest absolute Gasteiger partial charge is 0.410 e. The zero-order chi connectivity index (χ0) is 23.8. The predicted molar refractivity (Wildman–Crippen MR) is 134 cm³/mol. The van der Waals surface area contributed by atoms with Gasteiger partial charge in [-0.1, -0.05) is 0 Å². The van der Waals surface area contributed by atoms with Gasteiger partial charge in [0.05, 0.1) is 10.2 Å². The summed E-state index contributed by atoms with van der Waals surface area (Å²) < 4.78 is 6.58. The highest BCUT2D eigenvalue weighted by molar-refractivity contribution is 7.18. The van der Waals surface area contributed by atoms with E-state index in [1.807, 2.05) is 27.0 Å². The Kier molecular flexibility index (Phi) is 6.63. The molecule has 0 saturated carbocycles. The van der Waals surface area contributed by atoms with Crippen LogP contribution in [-0.2, 0) is 4.74 Å². The lowest BCUT2D eigenvalue weighted by atomic mass is 10.0. The number of ether oxygens (including phenoxy) is 1. The number of thiophene rings is 1. The van der Waals surface area contributed by atoms with Crippen LogP contribution in [0.4, 0.5) is 10.6 Å². The van der Waals surface area contributed by atoms with Gasteiger partial charge in [0.1, 0.15) is 17.7 Å². The summed E-state index contributed by atoms with van der Waals surface area (Å²) in [5, 5.41) is 5.76. The molecule has 0 aromatic carbocycles. The molecule has 4 rings (SSSR count). The number of anilines is 1. The zero-order valence-electron chi connectivity index (χ0n) is 20.4. The van der Waals surface area contributed by atoms with E-state index in [9.17, 15) is 4.79 Å². The van der Waals surface area contributed by atoms with Crippen LogP contribution in [0.5, 0.6) is 0 Å². The standard InChI is InChI=1S/C24H34N6O2S/c1-15-11-25-17(3)19(15)18-13-33-21-20(18)26-14-27-22(21)28-16(2)12-29-7-9-30(10-8-29)23(31)32-24(4,5)6/h11,13-14,16,25H,7-10,12H2,1-6H3,(H,26,27,28)/t16-/m0/s1. The molecule has 1 fully saturated rings. The van der Waals surface area contributed by atoms with Crippen LogP contribution in [0.3, 0.4) is 0 Å². The monoisotopic (exact) mass is 470 g/mol. The Morgan fingerprint density at radius 3 is 2.61 bits per heavy atom. The third-order valence-electron chi connectivity index (χ3n) is 5.84. The number of aryl methyl sites for hydroxylation is 2. The molecule has 1 aliphatic heterocycles. The van der Waals surface area contributed by atoms with Crippen molar-refractivity contribution < 1.29 is 9.53 Å². The van der Waals surface area contributed by atoms with Crippen molar-refractivity contribution in [3.8, 4) is 11.1 Å². The molecule has 1 amide bonds. The lowest BCUT2D eigenvalue weighted by Gasteiger charge is -2.36. The number of aromatic amines is 1. The van der Waals surface area contributed by atoms with E-state index in [4.69, 9.17) is 4.74 Å². The van der Waals surface area contributed by atoms with Crippen molar-refractivity contribution in [1.82, 2.24) is 24.8 Å². The van der Waals surface area contributed by atoms with Gasteiger partial charge in [0.2, 0.25) is 0 Å². The molecule has 178 valence electrons. The van der Waals surface area contributed by atoms with Crippen LogP contribution in [0.15, 0.2) is 17.9 Å². The van der Waals surface area contributed by atoms with Gasteiger partial charge in [-0.2, -0.15) is 0 Å². The quantitative estimate of drug-likeness (QED) is 0.564. The van der Waals surface area contributed by atoms with Crippen LogP contribution < -0.4 is 5.32 Å². The molecule has 0 unspecified atom stereocenters. The van der Waals surface area contributed by atoms with Gasteiger partial charge in [0.15, 0.2) is 0 Å². The van der Waals surface area contributed by atoms with Gasteiger partial charge in [-0.15, -0.1) is 11.3 Å². The molecule has 0 aliphatic carbocycles. The highest BCUT2D eigenvalue weighted by Gasteiger charge is 2.26. The average Bonchev–Trinajstić information content (AvgIpc) is 3.30. The molecule has 1 saturated heterocycles. The number of piperazine rings is 1. The predicted octanol–water partition coefficient (Wildman–Crippen LogP) is 4.66. The summed E-state index contributed by atoms with van der Waals surface area (Å²) in [4.78, 5) is 28.9. The fourth-order valence-electron chi connectivity index (χ4n) is 4.31. The molecule has 0 spiro atoms. The number of hydrogen-bond acceptors (Lipinski definition) is 7. The van der Waals surface area contributed by atoms with Gasteiger partial charge in [0, 0.05) is 67.2 Å². The summed E-state index contributed by atoms with van der Waals surface area (Å²) in [5.74, 6) is 0.877. The van der Waals surface area contributed by atoms with E-state index in [1.165, 1.54) is 11.1 Å². The molecule has 2 N–H and O–H groups in total. The van der Waals surface area contributed by atoms with Crippen molar-refractivity contribution in [3.05, 3.63) is 29.2 Å². The minimum Gasteiger partial charge on any atom is -0.444 e. The highest BCUT2D eigenvalue weighted by atomic mass is 32.1. The Hall–Kier alpha value is -2.65. The summed E-state index contributed by atoms with van der Waals surface area (Å²) >= 11 is 1.68. The third kappa shape index (κ3) is 5.30. The lowest BCUT2D eigenvalue weighted by molar-refractivity contribution is 0.0144. The average molecular weight is 471 g/mol. The van der Waals surface area contributed by atoms with Crippen molar-refractivity contribution in [1.29, 1.82) is 0 Å². The number of amides is 1. The molecule has 1 atom stereocenters. The molecule has 9 heteroatoms. The second-order valence-corrected chi connectivity index (χ2v) is 10.7. The number of rotatable bonds is 5. The summed E-state index contributed by atoms with van der Waals surface area (Å²) in [6.45, 7) is 16.0. The Morgan fingerprint density at radius 1 is 1.24 bits per heavy atom. The number of nitrogens with one attached hydrogen (secondary N) is 2. The topological polar surface area (TPSA) is 86.4 Å². The van der Waals surface area contributed by atoms with Gasteiger partial charge in [-0.3, -0.25) is 4.90 Å². The van der Waals surface area contributed by atoms with Crippen molar-refractivity contribution in [3.63, 3.8) is 0 Å². The third-order valence-corrected chi connectivity index (χ3v) is 6.81. The number of hydrogen-bond donors (Lipinski definition) is 2. The van der Waals surface area contributed by atoms with Gasteiger partial charge in [-0.05, 0) is 47.1 Å². The molecule has 33 heavy (non-hydrogen) atoms. The zero-order valence-corrected chi connectivity index (χ0v) is 21.2. The van der Waals surface area contributed by atoms with E-state index >= 15 is 0 Å². The summed E-state index contributed by atoms with van der Waals surface area (Å²) in [6.07, 6.45) is 3.46. The van der Waals surface area contributed by atoms with Gasteiger partial charge >= 0.3 is 6.09 Å². The van der Waals surface area contributed by atoms with Gasteiger partial charge in [-0.25, -0.2) is 14.8 Å². The lowest BCUT2D eigenvalue weighted by Crippen LogP contribution is -2.51. The highest BCUT2D eigenvalue weighted by Crippen LogP contribution is 2.38. The summed E-state index contributed by atoms with van der Waals surface area (Å²) in [5.41, 5.74) is 5.28. The maximum absolute atomic E-state index is 12.3. The van der Waals surface area contributed by atoms with E-state index in [2.05, 4.69) is 51.3 Å². The van der Waals surface area contributed by atoms with Crippen LogP contribution in [0, 0.1) is 13.8 Å². The van der Waals surface area contributed by atoms with Crippen molar-refractivity contribution in [2.24, 2.45) is 0 Å². The molecule has 1 aliphatic rings. The van der Waals surface area contributed by atoms with Crippen LogP contribution in [0.25, 0.3) is 21.3 Å². The fraction of sp³-hybridized carbons (Fsp3) is 0.542. The van der Waals surface area contributed by atoms with Crippen LogP contribution in [-0.4, -0.2) is 75.2 Å².